The van der Waals surface area contributed by atoms with Gasteiger partial charge in [0.25, 0.3) is 0 Å². The van der Waals surface area contributed by atoms with Gasteiger partial charge in [-0.05, 0) is 5.56 Å². The molecule has 0 aliphatic rings. The van der Waals surface area contributed by atoms with Crippen molar-refractivity contribution in [2.75, 3.05) is 7.11 Å². The third-order valence-corrected chi connectivity index (χ3v) is 3.13. The highest BCUT2D eigenvalue weighted by Gasteiger charge is 2.62. The van der Waals surface area contributed by atoms with Gasteiger partial charge in [0.15, 0.2) is 0 Å². The van der Waals surface area contributed by atoms with E-state index in [4.69, 9.17) is 4.74 Å². The van der Waals surface area contributed by atoms with Crippen LogP contribution in [0.3, 0.4) is 0 Å². The molecule has 1 N–H and O–H groups in total. The largest absolute Gasteiger partial charge is 0.453 e. The molecule has 0 heterocycles. The van der Waals surface area contributed by atoms with Crippen LogP contribution in [-0.2, 0) is 16.1 Å². The number of hydrogen-bond donors (Lipinski definition) is 1. The second-order valence-corrected chi connectivity index (χ2v) is 4.77. The van der Waals surface area contributed by atoms with Crippen LogP contribution in [0, 0.1) is 5.92 Å². The predicted molar refractivity (Wildman–Crippen MR) is 70.7 cm³/mol. The molecule has 4 nitrogen and oxygen atoms in total. The summed E-state index contributed by atoms with van der Waals surface area (Å²) in [7, 11) is 0.908. The molecule has 0 aromatic heterocycles. The van der Waals surface area contributed by atoms with Crippen molar-refractivity contribution in [2.45, 2.75) is 31.9 Å². The molecule has 130 valence electrons. The number of amides is 1. The molecule has 0 bridgehead atoms. The van der Waals surface area contributed by atoms with E-state index in [-0.39, 0.29) is 6.61 Å². The van der Waals surface area contributed by atoms with Gasteiger partial charge in [-0.25, -0.2) is 4.79 Å². The zero-order valence-electron chi connectivity index (χ0n) is 12.4. The Hall–Kier alpha value is -1.90. The molecule has 0 saturated carbocycles. The van der Waals surface area contributed by atoms with Crippen LogP contribution in [0.4, 0.5) is 26.7 Å². The first kappa shape index (κ1) is 19.1. The molecule has 0 spiro atoms. The molecule has 0 saturated heterocycles. The second kappa shape index (κ2) is 7.58. The normalized spacial score (nSPS) is 14.9. The Bertz CT molecular complexity index is 507. The topological polar surface area (TPSA) is 47.6 Å². The third kappa shape index (κ3) is 5.05. The van der Waals surface area contributed by atoms with Crippen molar-refractivity contribution in [1.82, 2.24) is 5.32 Å². The van der Waals surface area contributed by atoms with Crippen LogP contribution in [0.5, 0.6) is 0 Å². The van der Waals surface area contributed by atoms with Crippen molar-refractivity contribution in [1.29, 1.82) is 0 Å². The Morgan fingerprint density at radius 3 is 2.22 bits per heavy atom. The lowest BCUT2D eigenvalue weighted by atomic mass is 10.0. The third-order valence-electron chi connectivity index (χ3n) is 3.13. The highest BCUT2D eigenvalue weighted by atomic mass is 19.4. The van der Waals surface area contributed by atoms with Gasteiger partial charge < -0.3 is 9.47 Å². The maximum Gasteiger partial charge on any atom is 0.453 e. The van der Waals surface area contributed by atoms with Gasteiger partial charge in [0.05, 0.1) is 5.92 Å². The zero-order valence-corrected chi connectivity index (χ0v) is 12.4. The summed E-state index contributed by atoms with van der Waals surface area (Å²) in [6.45, 7) is 0.465. The maximum atomic E-state index is 13.3. The number of rotatable bonds is 6. The van der Waals surface area contributed by atoms with Gasteiger partial charge in [-0.2, -0.15) is 22.0 Å². The van der Waals surface area contributed by atoms with E-state index in [2.05, 4.69) is 4.74 Å². The average Bonchev–Trinajstić information content (AvgIpc) is 2.49. The molecule has 0 aliphatic carbocycles. The monoisotopic (exact) mass is 341 g/mol. The Morgan fingerprint density at radius 1 is 1.17 bits per heavy atom. The van der Waals surface area contributed by atoms with Crippen LogP contribution in [0.2, 0.25) is 0 Å². The first-order valence-electron chi connectivity index (χ1n) is 6.54. The summed E-state index contributed by atoms with van der Waals surface area (Å²) in [5, 5.41) is 1.85. The minimum atomic E-state index is -5.75. The van der Waals surface area contributed by atoms with Crippen LogP contribution >= 0.6 is 0 Å². The van der Waals surface area contributed by atoms with E-state index >= 15 is 0 Å². The van der Waals surface area contributed by atoms with E-state index in [0.717, 1.165) is 7.11 Å². The van der Waals surface area contributed by atoms with Gasteiger partial charge >= 0.3 is 18.2 Å². The van der Waals surface area contributed by atoms with E-state index in [9.17, 15) is 26.7 Å². The number of alkyl carbamates (subject to hydrolysis) is 1. The lowest BCUT2D eigenvalue weighted by Crippen LogP contribution is -2.53. The number of carbonyl (C=O) groups is 1. The van der Waals surface area contributed by atoms with Crippen molar-refractivity contribution >= 4 is 6.09 Å². The maximum absolute atomic E-state index is 13.3. The van der Waals surface area contributed by atoms with Gasteiger partial charge in [-0.3, -0.25) is 5.32 Å². The molecule has 1 aromatic carbocycles. The molecule has 0 fully saturated rings. The van der Waals surface area contributed by atoms with Crippen LogP contribution in [0.25, 0.3) is 0 Å². The fourth-order valence-corrected chi connectivity index (χ4v) is 1.72. The summed E-state index contributed by atoms with van der Waals surface area (Å²) < 4.78 is 72.8. The summed E-state index contributed by atoms with van der Waals surface area (Å²) >= 11 is 0. The first-order valence-corrected chi connectivity index (χ1v) is 6.54. The fourth-order valence-electron chi connectivity index (χ4n) is 1.72. The Morgan fingerprint density at radius 2 is 1.74 bits per heavy atom. The quantitative estimate of drug-likeness (QED) is 0.634. The average molecular weight is 341 g/mol. The number of carbonyl (C=O) groups excluding carboxylic acids is 1. The number of hydrogen-bond acceptors (Lipinski definition) is 3. The minimum Gasteiger partial charge on any atom is -0.445 e. The summed E-state index contributed by atoms with van der Waals surface area (Å²) in [6.07, 6.45) is -8.78. The van der Waals surface area contributed by atoms with Crippen molar-refractivity contribution in [2.24, 2.45) is 5.92 Å². The number of ether oxygens (including phenoxy) is 2. The molecular formula is C14H16F5NO3. The summed E-state index contributed by atoms with van der Waals surface area (Å²) in [5.41, 5.74) is 0.630. The standard InChI is InChI=1S/C14H16F5NO3/c1-9(13(15,16)14(17,18)19)11(22-2)20-12(21)23-8-10-6-4-3-5-7-10/h3-7,9,11H,8H2,1-2H3,(H,20,21). The Balaban J connectivity index is 2.63. The van der Waals surface area contributed by atoms with Gasteiger partial charge in [0.2, 0.25) is 0 Å². The summed E-state index contributed by atoms with van der Waals surface area (Å²) in [6, 6.07) is 8.44. The van der Waals surface area contributed by atoms with E-state index in [1.165, 1.54) is 0 Å². The van der Waals surface area contributed by atoms with E-state index in [0.29, 0.717) is 12.5 Å². The van der Waals surface area contributed by atoms with Crippen molar-refractivity contribution in [3.8, 4) is 0 Å². The lowest BCUT2D eigenvalue weighted by molar-refractivity contribution is -0.311. The number of halogens is 5. The van der Waals surface area contributed by atoms with E-state index in [1.807, 2.05) is 5.32 Å². The van der Waals surface area contributed by atoms with E-state index in [1.54, 1.807) is 30.3 Å². The van der Waals surface area contributed by atoms with E-state index < -0.39 is 30.3 Å². The molecule has 23 heavy (non-hydrogen) atoms. The smallest absolute Gasteiger partial charge is 0.445 e. The molecule has 2 unspecified atom stereocenters. The Labute approximate surface area is 129 Å². The number of alkyl halides is 5. The highest BCUT2D eigenvalue weighted by Crippen LogP contribution is 2.42. The molecule has 1 rings (SSSR count). The number of benzene rings is 1. The van der Waals surface area contributed by atoms with Gasteiger partial charge in [-0.15, -0.1) is 0 Å². The lowest BCUT2D eigenvalue weighted by Gasteiger charge is -2.31. The molecule has 1 aromatic rings. The van der Waals surface area contributed by atoms with Crippen LogP contribution in [0.15, 0.2) is 30.3 Å². The van der Waals surface area contributed by atoms with Gasteiger partial charge in [0.1, 0.15) is 12.8 Å². The molecule has 2 atom stereocenters. The van der Waals surface area contributed by atoms with Gasteiger partial charge in [0, 0.05) is 7.11 Å². The first-order chi connectivity index (χ1) is 10.6. The summed E-state index contributed by atoms with van der Waals surface area (Å²) in [5.74, 6) is -7.36. The molecule has 1 amide bonds. The Kier molecular flexibility index (Phi) is 6.31. The number of nitrogens with one attached hydrogen (secondary N) is 1. The fraction of sp³-hybridized carbons (Fsp3) is 0.500. The van der Waals surface area contributed by atoms with Gasteiger partial charge in [-0.1, -0.05) is 37.3 Å². The summed E-state index contributed by atoms with van der Waals surface area (Å²) in [4.78, 5) is 11.5. The highest BCUT2D eigenvalue weighted by molar-refractivity contribution is 5.67. The minimum absolute atomic E-state index is 0.160. The SMILES string of the molecule is COC(NC(=O)OCc1ccccc1)C(C)C(F)(F)C(F)(F)F. The van der Waals surface area contributed by atoms with Crippen LogP contribution < -0.4 is 5.32 Å². The van der Waals surface area contributed by atoms with Crippen molar-refractivity contribution in [3.63, 3.8) is 0 Å². The van der Waals surface area contributed by atoms with Crippen LogP contribution in [0.1, 0.15) is 12.5 Å². The van der Waals surface area contributed by atoms with Crippen LogP contribution in [-0.4, -0.2) is 31.5 Å². The molecular weight excluding hydrogens is 325 g/mol. The molecule has 0 radical (unpaired) electrons. The zero-order chi connectivity index (χ0) is 17.7. The second-order valence-electron chi connectivity index (χ2n) is 4.77. The predicted octanol–water partition coefficient (Wildman–Crippen LogP) is 3.72. The molecule has 0 aliphatic heterocycles. The molecule has 9 heteroatoms. The van der Waals surface area contributed by atoms with Crippen molar-refractivity contribution < 1.29 is 36.2 Å². The van der Waals surface area contributed by atoms with Crippen molar-refractivity contribution in [3.05, 3.63) is 35.9 Å². The number of methoxy groups -OCH3 is 1.